The average molecular weight is 245 g/mol. The number of carbonyl (C=O) groups excluding carboxylic acids is 1. The number of hydroxylamine groups is 1. The van der Waals surface area contributed by atoms with Crippen LogP contribution in [0.3, 0.4) is 0 Å². The van der Waals surface area contributed by atoms with Gasteiger partial charge in [-0.05, 0) is 11.6 Å². The predicted molar refractivity (Wildman–Crippen MR) is 56.0 cm³/mol. The Morgan fingerprint density at radius 2 is 2.12 bits per heavy atom. The van der Waals surface area contributed by atoms with Gasteiger partial charge in [0, 0.05) is 13.2 Å². The van der Waals surface area contributed by atoms with Crippen LogP contribution in [0.2, 0.25) is 0 Å². The van der Waals surface area contributed by atoms with Gasteiger partial charge < -0.3 is 4.74 Å². The van der Waals surface area contributed by atoms with Crippen LogP contribution in [0.4, 0.5) is 8.78 Å². The van der Waals surface area contributed by atoms with Gasteiger partial charge in [0.15, 0.2) is 0 Å². The van der Waals surface area contributed by atoms with Gasteiger partial charge >= 0.3 is 0 Å². The van der Waals surface area contributed by atoms with Crippen molar-refractivity contribution < 1.29 is 23.1 Å². The third-order valence-corrected chi connectivity index (χ3v) is 1.94. The summed E-state index contributed by atoms with van der Waals surface area (Å²) in [5.41, 5.74) is 2.24. The van der Waals surface area contributed by atoms with Gasteiger partial charge in [-0.15, -0.1) is 0 Å². The van der Waals surface area contributed by atoms with E-state index in [0.717, 1.165) is 12.1 Å². The van der Waals surface area contributed by atoms with Gasteiger partial charge in [0.2, 0.25) is 5.91 Å². The summed E-state index contributed by atoms with van der Waals surface area (Å²) < 4.78 is 30.5. The Balaban J connectivity index is 2.40. The van der Waals surface area contributed by atoms with Crippen LogP contribution < -0.4 is 5.48 Å². The number of carbonyl (C=O) groups is 1. The molecule has 0 atom stereocenters. The van der Waals surface area contributed by atoms with Crippen LogP contribution in [-0.2, 0) is 20.8 Å². The van der Waals surface area contributed by atoms with E-state index in [1.807, 2.05) is 0 Å². The summed E-state index contributed by atoms with van der Waals surface area (Å²) in [5.74, 6) is -1.94. The Morgan fingerprint density at radius 1 is 1.35 bits per heavy atom. The van der Waals surface area contributed by atoms with Crippen molar-refractivity contribution in [2.24, 2.45) is 0 Å². The van der Waals surface area contributed by atoms with Crippen molar-refractivity contribution >= 4 is 5.91 Å². The highest BCUT2D eigenvalue weighted by molar-refractivity contribution is 5.77. The Hall–Kier alpha value is -1.53. The van der Waals surface area contributed by atoms with Crippen molar-refractivity contribution in [3.05, 3.63) is 35.4 Å². The highest BCUT2D eigenvalue weighted by Crippen LogP contribution is 2.09. The predicted octanol–water partition coefficient (Wildman–Crippen LogP) is 1.20. The molecule has 0 aromatic heterocycles. The Labute approximate surface area is 97.5 Å². The third-order valence-electron chi connectivity index (χ3n) is 1.94. The van der Waals surface area contributed by atoms with E-state index in [-0.39, 0.29) is 18.6 Å². The Morgan fingerprint density at radius 3 is 2.76 bits per heavy atom. The molecule has 0 fully saturated rings. The molecule has 94 valence electrons. The monoisotopic (exact) mass is 245 g/mol. The highest BCUT2D eigenvalue weighted by Gasteiger charge is 2.08. The van der Waals surface area contributed by atoms with Crippen molar-refractivity contribution in [3.8, 4) is 0 Å². The molecule has 0 aliphatic rings. The first-order chi connectivity index (χ1) is 8.13. The lowest BCUT2D eigenvalue weighted by molar-refractivity contribution is -0.133. The normalized spacial score (nSPS) is 10.3. The van der Waals surface area contributed by atoms with Crippen LogP contribution in [0, 0.1) is 11.6 Å². The van der Waals surface area contributed by atoms with Gasteiger partial charge in [-0.2, -0.15) is 0 Å². The first-order valence-corrected chi connectivity index (χ1v) is 4.97. The number of nitrogens with one attached hydrogen (secondary N) is 1. The smallest absolute Gasteiger partial charge is 0.248 e. The molecule has 0 unspecified atom stereocenters. The van der Waals surface area contributed by atoms with Crippen molar-refractivity contribution in [3.63, 3.8) is 0 Å². The fraction of sp³-hybridized carbons (Fsp3) is 0.364. The lowest BCUT2D eigenvalue weighted by atomic mass is 10.1. The molecule has 1 amide bonds. The van der Waals surface area contributed by atoms with Crippen molar-refractivity contribution in [2.75, 3.05) is 20.3 Å². The minimum absolute atomic E-state index is 0.110. The van der Waals surface area contributed by atoms with Crippen LogP contribution in [0.15, 0.2) is 18.2 Å². The molecule has 0 saturated heterocycles. The number of ether oxygens (including phenoxy) is 1. The number of hydrogen-bond donors (Lipinski definition) is 1. The topological polar surface area (TPSA) is 47.6 Å². The van der Waals surface area contributed by atoms with E-state index in [4.69, 9.17) is 9.57 Å². The van der Waals surface area contributed by atoms with Crippen molar-refractivity contribution in [1.29, 1.82) is 0 Å². The van der Waals surface area contributed by atoms with Crippen LogP contribution in [-0.4, -0.2) is 26.2 Å². The summed E-state index contributed by atoms with van der Waals surface area (Å²) in [6, 6.07) is 3.05. The third kappa shape index (κ3) is 4.88. The molecule has 1 aromatic rings. The lowest BCUT2D eigenvalue weighted by Crippen LogP contribution is -2.27. The van der Waals surface area contributed by atoms with E-state index >= 15 is 0 Å². The summed E-state index contributed by atoms with van der Waals surface area (Å²) in [6.07, 6.45) is -0.209. The second-order valence-corrected chi connectivity index (χ2v) is 3.28. The Bertz CT molecular complexity index is 385. The molecule has 0 aliphatic carbocycles. The van der Waals surface area contributed by atoms with E-state index in [0.29, 0.717) is 6.61 Å². The summed E-state index contributed by atoms with van der Waals surface area (Å²) >= 11 is 0. The maximum Gasteiger partial charge on any atom is 0.248 e. The molecule has 1 N–H and O–H groups in total. The minimum Gasteiger partial charge on any atom is -0.382 e. The zero-order chi connectivity index (χ0) is 12.7. The van der Waals surface area contributed by atoms with E-state index in [2.05, 4.69) is 5.48 Å². The van der Waals surface area contributed by atoms with Gasteiger partial charge in [-0.1, -0.05) is 6.07 Å². The van der Waals surface area contributed by atoms with E-state index in [9.17, 15) is 13.6 Å². The van der Waals surface area contributed by atoms with E-state index < -0.39 is 17.5 Å². The standard InChI is InChI=1S/C11H13F2NO3/c1-16-4-5-17-14-11(15)6-8-2-3-9(12)7-10(8)13/h2-3,7H,4-6H2,1H3,(H,14,15). The van der Waals surface area contributed by atoms with E-state index in [1.165, 1.54) is 13.2 Å². The van der Waals surface area contributed by atoms with Gasteiger partial charge in [-0.25, -0.2) is 14.3 Å². The number of hydrogen-bond acceptors (Lipinski definition) is 3. The van der Waals surface area contributed by atoms with Gasteiger partial charge in [-0.3, -0.25) is 9.63 Å². The number of benzene rings is 1. The quantitative estimate of drug-likeness (QED) is 0.605. The molecular formula is C11H13F2NO3. The van der Waals surface area contributed by atoms with Crippen LogP contribution in [0.25, 0.3) is 0 Å². The molecular weight excluding hydrogens is 232 g/mol. The number of rotatable bonds is 6. The molecule has 0 bridgehead atoms. The average Bonchev–Trinajstić information content (AvgIpc) is 2.28. The number of halogens is 2. The molecule has 0 heterocycles. The SMILES string of the molecule is COCCONC(=O)Cc1ccc(F)cc1F. The molecule has 0 radical (unpaired) electrons. The molecule has 0 aliphatic heterocycles. The largest absolute Gasteiger partial charge is 0.382 e. The second kappa shape index (κ2) is 6.93. The maximum absolute atomic E-state index is 13.2. The van der Waals surface area contributed by atoms with Gasteiger partial charge in [0.05, 0.1) is 19.6 Å². The van der Waals surface area contributed by atoms with Crippen LogP contribution in [0.1, 0.15) is 5.56 Å². The molecule has 0 spiro atoms. The van der Waals surface area contributed by atoms with Crippen LogP contribution in [0.5, 0.6) is 0 Å². The zero-order valence-electron chi connectivity index (χ0n) is 9.33. The molecule has 17 heavy (non-hydrogen) atoms. The minimum atomic E-state index is -0.753. The first-order valence-electron chi connectivity index (χ1n) is 4.97. The summed E-state index contributed by atoms with van der Waals surface area (Å²) in [6.45, 7) is 0.541. The fourth-order valence-electron chi connectivity index (χ4n) is 1.13. The second-order valence-electron chi connectivity index (χ2n) is 3.28. The van der Waals surface area contributed by atoms with Gasteiger partial charge in [0.25, 0.3) is 0 Å². The van der Waals surface area contributed by atoms with Crippen molar-refractivity contribution in [1.82, 2.24) is 5.48 Å². The lowest BCUT2D eigenvalue weighted by Gasteiger charge is -2.06. The van der Waals surface area contributed by atoms with Gasteiger partial charge in [0.1, 0.15) is 11.6 Å². The zero-order valence-corrected chi connectivity index (χ0v) is 9.33. The molecule has 0 saturated carbocycles. The highest BCUT2D eigenvalue weighted by atomic mass is 19.1. The van der Waals surface area contributed by atoms with E-state index in [1.54, 1.807) is 0 Å². The summed E-state index contributed by atoms with van der Waals surface area (Å²) in [5, 5.41) is 0. The fourth-order valence-corrected chi connectivity index (χ4v) is 1.13. The molecule has 6 heteroatoms. The first kappa shape index (κ1) is 13.5. The van der Waals surface area contributed by atoms with Crippen LogP contribution >= 0.6 is 0 Å². The Kier molecular flexibility index (Phi) is 5.51. The number of amides is 1. The van der Waals surface area contributed by atoms with Crippen molar-refractivity contribution in [2.45, 2.75) is 6.42 Å². The maximum atomic E-state index is 13.2. The number of methoxy groups -OCH3 is 1. The summed E-state index contributed by atoms with van der Waals surface area (Å²) in [7, 11) is 1.50. The molecule has 4 nitrogen and oxygen atoms in total. The molecule has 1 rings (SSSR count). The summed E-state index contributed by atoms with van der Waals surface area (Å²) in [4.78, 5) is 16.0. The molecule has 1 aromatic carbocycles.